The highest BCUT2D eigenvalue weighted by molar-refractivity contribution is 6.33. The fourth-order valence-electron chi connectivity index (χ4n) is 0.830. The summed E-state index contributed by atoms with van der Waals surface area (Å²) in [5.74, 6) is 0.583. The van der Waals surface area contributed by atoms with E-state index in [-0.39, 0.29) is 0 Å². The lowest BCUT2D eigenvalue weighted by molar-refractivity contribution is 0.448. The molecule has 4 nitrogen and oxygen atoms in total. The van der Waals surface area contributed by atoms with E-state index in [1.165, 1.54) is 6.20 Å². The van der Waals surface area contributed by atoms with Crippen LogP contribution in [0, 0.1) is 6.92 Å². The molecule has 0 saturated carbocycles. The van der Waals surface area contributed by atoms with E-state index in [2.05, 4.69) is 15.1 Å². The van der Waals surface area contributed by atoms with Crippen LogP contribution < -0.4 is 0 Å². The lowest BCUT2D eigenvalue weighted by Crippen LogP contribution is -1.86. The molecule has 0 atom stereocenters. The second-order valence-electron chi connectivity index (χ2n) is 2.11. The quantitative estimate of drug-likeness (QED) is 0.562. The fraction of sp³-hybridized carbons (Fsp3) is 0.167. The molecule has 0 aromatic carbocycles. The molecule has 0 radical (unpaired) electrons. The van der Waals surface area contributed by atoms with Gasteiger partial charge in [-0.3, -0.25) is 0 Å². The molecule has 0 spiro atoms. The molecule has 56 valence electrons. The Kier molecular flexibility index (Phi) is 1.29. The van der Waals surface area contributed by atoms with Crippen molar-refractivity contribution < 1.29 is 4.52 Å². The van der Waals surface area contributed by atoms with Crippen LogP contribution >= 0.6 is 11.6 Å². The normalized spacial score (nSPS) is 10.7. The van der Waals surface area contributed by atoms with Crippen molar-refractivity contribution in [3.63, 3.8) is 0 Å². The highest BCUT2D eigenvalue weighted by Crippen LogP contribution is 2.18. The van der Waals surface area contributed by atoms with Gasteiger partial charge in [-0.05, 0) is 6.92 Å². The average Bonchev–Trinajstić information content (AvgIpc) is 2.34. The molecule has 0 amide bonds. The van der Waals surface area contributed by atoms with E-state index < -0.39 is 0 Å². The number of aryl methyl sites for hydroxylation is 1. The number of hydrogen-bond donors (Lipinski definition) is 0. The molecule has 2 rings (SSSR count). The third kappa shape index (κ3) is 0.952. The maximum atomic E-state index is 5.75. The second-order valence-corrected chi connectivity index (χ2v) is 2.46. The number of hydrogen-bond acceptors (Lipinski definition) is 4. The molecule has 2 aromatic rings. The van der Waals surface area contributed by atoms with Gasteiger partial charge in [-0.25, -0.2) is 4.98 Å². The Hall–Kier alpha value is -1.16. The summed E-state index contributed by atoms with van der Waals surface area (Å²) in [5, 5.41) is 4.57. The van der Waals surface area contributed by atoms with Crippen LogP contribution in [-0.2, 0) is 0 Å². The summed E-state index contributed by atoms with van der Waals surface area (Å²) in [5.41, 5.74) is 0.433. The van der Waals surface area contributed by atoms with Gasteiger partial charge in [0.15, 0.2) is 0 Å². The molecule has 5 heteroatoms. The van der Waals surface area contributed by atoms with Crippen molar-refractivity contribution in [2.75, 3.05) is 0 Å². The van der Waals surface area contributed by atoms with E-state index in [9.17, 15) is 0 Å². The summed E-state index contributed by atoms with van der Waals surface area (Å²) in [6, 6.07) is 0. The maximum absolute atomic E-state index is 5.75. The lowest BCUT2D eigenvalue weighted by Gasteiger charge is -1.91. The first kappa shape index (κ1) is 6.54. The Bertz CT molecular complexity index is 398. The van der Waals surface area contributed by atoms with Gasteiger partial charge >= 0.3 is 0 Å². The molecule has 0 aliphatic rings. The molecule has 0 bridgehead atoms. The highest BCUT2D eigenvalue weighted by Gasteiger charge is 2.05. The van der Waals surface area contributed by atoms with E-state index in [4.69, 9.17) is 16.1 Å². The zero-order valence-corrected chi connectivity index (χ0v) is 6.46. The van der Waals surface area contributed by atoms with Crippen molar-refractivity contribution >= 4 is 22.7 Å². The largest absolute Gasteiger partial charge is 0.336 e. The number of rotatable bonds is 0. The van der Waals surface area contributed by atoms with Crippen LogP contribution in [0.5, 0.6) is 0 Å². The van der Waals surface area contributed by atoms with Crippen LogP contribution in [0.4, 0.5) is 0 Å². The van der Waals surface area contributed by atoms with Gasteiger partial charge in [0, 0.05) is 0 Å². The highest BCUT2D eigenvalue weighted by atomic mass is 35.5. The van der Waals surface area contributed by atoms with Crippen LogP contribution in [0.1, 0.15) is 5.82 Å². The van der Waals surface area contributed by atoms with Gasteiger partial charge in [-0.15, -0.1) is 0 Å². The molecule has 0 unspecified atom stereocenters. The van der Waals surface area contributed by atoms with E-state index in [0.29, 0.717) is 22.1 Å². The van der Waals surface area contributed by atoms with E-state index >= 15 is 0 Å². The van der Waals surface area contributed by atoms with Crippen molar-refractivity contribution in [1.82, 2.24) is 15.1 Å². The van der Waals surface area contributed by atoms with Crippen molar-refractivity contribution in [3.8, 4) is 0 Å². The SMILES string of the molecule is Cc1nc(Cl)c2cnoc2n1. The van der Waals surface area contributed by atoms with Crippen molar-refractivity contribution in [2.24, 2.45) is 0 Å². The molecule has 11 heavy (non-hydrogen) atoms. The first-order valence-corrected chi connectivity index (χ1v) is 3.39. The van der Waals surface area contributed by atoms with Crippen LogP contribution in [0.2, 0.25) is 5.15 Å². The van der Waals surface area contributed by atoms with Gasteiger partial charge in [0.05, 0.1) is 11.6 Å². The molecule has 0 fully saturated rings. The van der Waals surface area contributed by atoms with Gasteiger partial charge in [0.2, 0.25) is 0 Å². The second kappa shape index (κ2) is 2.17. The summed E-state index contributed by atoms with van der Waals surface area (Å²) in [4.78, 5) is 7.90. The fourth-order valence-corrected chi connectivity index (χ4v) is 1.08. The zero-order valence-electron chi connectivity index (χ0n) is 5.71. The third-order valence-electron chi connectivity index (χ3n) is 1.30. The maximum Gasteiger partial charge on any atom is 0.262 e. The molecule has 2 heterocycles. The first-order chi connectivity index (χ1) is 5.27. The molecule has 0 aliphatic heterocycles. The molecule has 0 saturated heterocycles. The predicted octanol–water partition coefficient (Wildman–Crippen LogP) is 1.58. The Morgan fingerprint density at radius 3 is 3.09 bits per heavy atom. The summed E-state index contributed by atoms with van der Waals surface area (Å²) in [7, 11) is 0. The molecule has 2 aromatic heterocycles. The van der Waals surface area contributed by atoms with Crippen LogP contribution in [-0.4, -0.2) is 15.1 Å². The van der Waals surface area contributed by atoms with Crippen LogP contribution in [0.25, 0.3) is 11.1 Å². The molecule has 0 N–H and O–H groups in total. The minimum atomic E-state index is 0.383. The monoisotopic (exact) mass is 169 g/mol. The standard InChI is InChI=1S/C6H4ClN3O/c1-3-9-5(7)4-2-8-11-6(4)10-3/h2H,1H3. The van der Waals surface area contributed by atoms with E-state index in [1.54, 1.807) is 6.92 Å². The topological polar surface area (TPSA) is 51.8 Å². The van der Waals surface area contributed by atoms with Gasteiger partial charge < -0.3 is 4.52 Å². The van der Waals surface area contributed by atoms with Crippen molar-refractivity contribution in [2.45, 2.75) is 6.92 Å². The zero-order chi connectivity index (χ0) is 7.84. The Morgan fingerprint density at radius 1 is 1.45 bits per heavy atom. The minimum absolute atomic E-state index is 0.383. The summed E-state index contributed by atoms with van der Waals surface area (Å²) in [6.07, 6.45) is 1.50. The first-order valence-electron chi connectivity index (χ1n) is 3.02. The number of aromatic nitrogens is 3. The average molecular weight is 170 g/mol. The summed E-state index contributed by atoms with van der Waals surface area (Å²) in [6.45, 7) is 1.74. The van der Waals surface area contributed by atoms with Gasteiger partial charge in [-0.2, -0.15) is 4.98 Å². The third-order valence-corrected chi connectivity index (χ3v) is 1.59. The number of halogens is 1. The van der Waals surface area contributed by atoms with Gasteiger partial charge in [-0.1, -0.05) is 16.8 Å². The van der Waals surface area contributed by atoms with Crippen molar-refractivity contribution in [3.05, 3.63) is 17.2 Å². The molecule has 0 aliphatic carbocycles. The summed E-state index contributed by atoms with van der Waals surface area (Å²) < 4.78 is 4.79. The molecular weight excluding hydrogens is 166 g/mol. The van der Waals surface area contributed by atoms with Gasteiger partial charge in [0.25, 0.3) is 5.71 Å². The lowest BCUT2D eigenvalue weighted by atomic mass is 10.4. The minimum Gasteiger partial charge on any atom is -0.336 e. The van der Waals surface area contributed by atoms with E-state index in [0.717, 1.165) is 0 Å². The Balaban J connectivity index is 2.91. The van der Waals surface area contributed by atoms with Crippen LogP contribution in [0.15, 0.2) is 10.7 Å². The Morgan fingerprint density at radius 2 is 2.27 bits per heavy atom. The van der Waals surface area contributed by atoms with Gasteiger partial charge in [0.1, 0.15) is 11.0 Å². The van der Waals surface area contributed by atoms with Crippen LogP contribution in [0.3, 0.4) is 0 Å². The summed E-state index contributed by atoms with van der Waals surface area (Å²) >= 11 is 5.75. The Labute approximate surface area is 67.2 Å². The number of nitrogens with zero attached hydrogens (tertiary/aromatic N) is 3. The number of fused-ring (bicyclic) bond motifs is 1. The molecular formula is C6H4ClN3O. The van der Waals surface area contributed by atoms with E-state index in [1.807, 2.05) is 0 Å². The van der Waals surface area contributed by atoms with Crippen molar-refractivity contribution in [1.29, 1.82) is 0 Å². The predicted molar refractivity (Wildman–Crippen MR) is 39.3 cm³/mol. The smallest absolute Gasteiger partial charge is 0.262 e.